The molecule has 1 aromatic rings. The summed E-state index contributed by atoms with van der Waals surface area (Å²) in [6.45, 7) is 5.62. The molecule has 1 aromatic heterocycles. The predicted molar refractivity (Wildman–Crippen MR) is 67.6 cm³/mol. The highest BCUT2D eigenvalue weighted by molar-refractivity contribution is 5.95. The molecule has 6 nitrogen and oxygen atoms in total. The number of carbonyl (C=O) groups is 1. The fraction of sp³-hybridized carbons (Fsp3) is 0.583. The number of amides is 1. The fourth-order valence-corrected chi connectivity index (χ4v) is 1.54. The number of aromatic nitrogens is 2. The van der Waals surface area contributed by atoms with Gasteiger partial charge in [-0.15, -0.1) is 0 Å². The van der Waals surface area contributed by atoms with E-state index in [0.29, 0.717) is 30.6 Å². The average molecular weight is 253 g/mol. The summed E-state index contributed by atoms with van der Waals surface area (Å²) in [6, 6.07) is 0. The molecule has 0 bridgehead atoms. The Bertz CT molecular complexity index is 482. The molecule has 0 aliphatic heterocycles. The van der Waals surface area contributed by atoms with E-state index in [1.807, 2.05) is 6.92 Å². The van der Waals surface area contributed by atoms with Crippen molar-refractivity contribution in [2.24, 2.45) is 0 Å². The summed E-state index contributed by atoms with van der Waals surface area (Å²) in [6.07, 6.45) is 0.691. The Hall–Kier alpha value is -1.69. The number of aryl methyl sites for hydroxylation is 1. The van der Waals surface area contributed by atoms with E-state index < -0.39 is 17.6 Å². The van der Waals surface area contributed by atoms with E-state index in [4.69, 9.17) is 0 Å². The fourth-order valence-electron chi connectivity index (χ4n) is 1.54. The second kappa shape index (κ2) is 6.30. The molecule has 1 heterocycles. The van der Waals surface area contributed by atoms with Crippen molar-refractivity contribution in [1.29, 1.82) is 0 Å². The van der Waals surface area contributed by atoms with Gasteiger partial charge in [0.1, 0.15) is 5.56 Å². The molecule has 0 fully saturated rings. The van der Waals surface area contributed by atoms with Gasteiger partial charge < -0.3 is 10.4 Å². The molecule has 0 aliphatic carbocycles. The van der Waals surface area contributed by atoms with Crippen LogP contribution in [0.5, 0.6) is 0 Å². The number of hydrogen-bond donors (Lipinski definition) is 3. The van der Waals surface area contributed by atoms with Crippen LogP contribution in [-0.2, 0) is 0 Å². The number of aliphatic hydroxyl groups excluding tert-OH is 1. The molecule has 1 amide bonds. The van der Waals surface area contributed by atoms with Crippen molar-refractivity contribution >= 4 is 5.91 Å². The first-order valence-electron chi connectivity index (χ1n) is 5.99. The molecule has 100 valence electrons. The number of rotatable bonds is 5. The average Bonchev–Trinajstić information content (AvgIpc) is 2.34. The van der Waals surface area contributed by atoms with Crippen LogP contribution in [0.15, 0.2) is 4.79 Å². The number of H-pyrrole nitrogens is 1. The maximum absolute atomic E-state index is 11.9. The topological polar surface area (TPSA) is 95.1 Å². The molecule has 3 N–H and O–H groups in total. The number of hydrogen-bond acceptors (Lipinski definition) is 4. The minimum Gasteiger partial charge on any atom is -0.393 e. The monoisotopic (exact) mass is 253 g/mol. The van der Waals surface area contributed by atoms with Gasteiger partial charge in [0.25, 0.3) is 11.5 Å². The second-order valence-electron chi connectivity index (χ2n) is 4.24. The van der Waals surface area contributed by atoms with Crippen molar-refractivity contribution in [3.8, 4) is 0 Å². The lowest BCUT2D eigenvalue weighted by Crippen LogP contribution is -2.33. The van der Waals surface area contributed by atoms with Crippen LogP contribution in [0.2, 0.25) is 0 Å². The Labute approximate surface area is 105 Å². The molecule has 0 saturated heterocycles. The van der Waals surface area contributed by atoms with Gasteiger partial charge in [0.05, 0.1) is 11.8 Å². The van der Waals surface area contributed by atoms with Gasteiger partial charge in [0, 0.05) is 6.54 Å². The lowest BCUT2D eigenvalue weighted by atomic mass is 10.1. The first kappa shape index (κ1) is 14.4. The van der Waals surface area contributed by atoms with Gasteiger partial charge in [-0.25, -0.2) is 5.10 Å². The van der Waals surface area contributed by atoms with Crippen molar-refractivity contribution in [3.63, 3.8) is 0 Å². The minimum atomic E-state index is -0.494. The molecule has 0 aromatic carbocycles. The third-order valence-electron chi connectivity index (χ3n) is 2.93. The van der Waals surface area contributed by atoms with Crippen LogP contribution in [0.1, 0.15) is 41.4 Å². The standard InChI is InChI=1S/C12H19N3O3/c1-4-9(16)5-6-13-11(17)10-7(2)8(3)14-15-12(10)18/h9,16H,4-6H2,1-3H3,(H,13,17)(H,15,18). The molecular formula is C12H19N3O3. The van der Waals surface area contributed by atoms with Crippen molar-refractivity contribution in [2.75, 3.05) is 6.54 Å². The lowest BCUT2D eigenvalue weighted by Gasteiger charge is -2.10. The molecule has 0 spiro atoms. The van der Waals surface area contributed by atoms with E-state index in [9.17, 15) is 14.7 Å². The van der Waals surface area contributed by atoms with E-state index in [0.717, 1.165) is 0 Å². The van der Waals surface area contributed by atoms with Crippen LogP contribution in [0.3, 0.4) is 0 Å². The smallest absolute Gasteiger partial charge is 0.277 e. The predicted octanol–water partition coefficient (Wildman–Crippen LogP) is 0.278. The second-order valence-corrected chi connectivity index (χ2v) is 4.24. The minimum absolute atomic E-state index is 0.0912. The molecule has 1 unspecified atom stereocenters. The SMILES string of the molecule is CCC(O)CCNC(=O)c1c(C)c(C)n[nH]c1=O. The Kier molecular flexibility index (Phi) is 5.03. The first-order chi connectivity index (χ1) is 8.47. The van der Waals surface area contributed by atoms with Crippen LogP contribution in [0, 0.1) is 13.8 Å². The molecule has 0 saturated carbocycles. The van der Waals surface area contributed by atoms with Gasteiger partial charge in [0.2, 0.25) is 0 Å². The summed E-state index contributed by atoms with van der Waals surface area (Å²) >= 11 is 0. The Morgan fingerprint density at radius 1 is 1.50 bits per heavy atom. The van der Waals surface area contributed by atoms with Crippen molar-refractivity contribution in [2.45, 2.75) is 39.7 Å². The highest BCUT2D eigenvalue weighted by Gasteiger charge is 2.15. The number of carbonyl (C=O) groups excluding carboxylic acids is 1. The molecule has 18 heavy (non-hydrogen) atoms. The number of nitrogens with zero attached hydrogens (tertiary/aromatic N) is 1. The zero-order chi connectivity index (χ0) is 13.7. The van der Waals surface area contributed by atoms with Crippen LogP contribution in [0.25, 0.3) is 0 Å². The summed E-state index contributed by atoms with van der Waals surface area (Å²) in [4.78, 5) is 23.4. The summed E-state index contributed by atoms with van der Waals surface area (Å²) in [5.41, 5.74) is 0.792. The molecule has 0 radical (unpaired) electrons. The number of aromatic amines is 1. The van der Waals surface area contributed by atoms with Crippen LogP contribution in [-0.4, -0.2) is 33.9 Å². The van der Waals surface area contributed by atoms with E-state index in [-0.39, 0.29) is 5.56 Å². The third-order valence-corrected chi connectivity index (χ3v) is 2.93. The highest BCUT2D eigenvalue weighted by Crippen LogP contribution is 2.04. The third kappa shape index (κ3) is 3.40. The summed E-state index contributed by atoms with van der Waals surface area (Å²) in [7, 11) is 0. The first-order valence-corrected chi connectivity index (χ1v) is 5.99. The van der Waals surface area contributed by atoms with E-state index in [1.54, 1.807) is 13.8 Å². The summed E-state index contributed by atoms with van der Waals surface area (Å²) < 4.78 is 0. The van der Waals surface area contributed by atoms with E-state index >= 15 is 0 Å². The number of nitrogens with one attached hydrogen (secondary N) is 2. The van der Waals surface area contributed by atoms with E-state index in [2.05, 4.69) is 15.5 Å². The molecule has 1 atom stereocenters. The molecule has 1 rings (SSSR count). The lowest BCUT2D eigenvalue weighted by molar-refractivity contribution is 0.0939. The van der Waals surface area contributed by atoms with E-state index in [1.165, 1.54) is 0 Å². The maximum Gasteiger partial charge on any atom is 0.277 e. The van der Waals surface area contributed by atoms with Gasteiger partial charge in [-0.05, 0) is 32.3 Å². The van der Waals surface area contributed by atoms with Crippen LogP contribution < -0.4 is 10.9 Å². The molecular weight excluding hydrogens is 234 g/mol. The number of aliphatic hydroxyl groups is 1. The maximum atomic E-state index is 11.9. The van der Waals surface area contributed by atoms with Crippen molar-refractivity contribution in [1.82, 2.24) is 15.5 Å². The van der Waals surface area contributed by atoms with Gasteiger partial charge in [0.15, 0.2) is 0 Å². The van der Waals surface area contributed by atoms with Crippen LogP contribution in [0.4, 0.5) is 0 Å². The van der Waals surface area contributed by atoms with Crippen molar-refractivity contribution in [3.05, 3.63) is 27.2 Å². The van der Waals surface area contributed by atoms with Gasteiger partial charge in [-0.1, -0.05) is 6.92 Å². The highest BCUT2D eigenvalue weighted by atomic mass is 16.3. The zero-order valence-electron chi connectivity index (χ0n) is 10.9. The summed E-state index contributed by atoms with van der Waals surface area (Å²) in [5, 5.41) is 18.1. The largest absolute Gasteiger partial charge is 0.393 e. The van der Waals surface area contributed by atoms with Gasteiger partial charge in [-0.3, -0.25) is 9.59 Å². The molecule has 0 aliphatic rings. The van der Waals surface area contributed by atoms with Gasteiger partial charge >= 0.3 is 0 Å². The Balaban J connectivity index is 2.73. The quantitative estimate of drug-likeness (QED) is 0.702. The van der Waals surface area contributed by atoms with Crippen molar-refractivity contribution < 1.29 is 9.90 Å². The Morgan fingerprint density at radius 2 is 2.17 bits per heavy atom. The normalized spacial score (nSPS) is 12.2. The molecule has 6 heteroatoms. The zero-order valence-corrected chi connectivity index (χ0v) is 10.9. The van der Waals surface area contributed by atoms with Crippen LogP contribution >= 0.6 is 0 Å². The van der Waals surface area contributed by atoms with Gasteiger partial charge in [-0.2, -0.15) is 5.10 Å². The summed E-state index contributed by atoms with van der Waals surface area (Å²) in [5.74, 6) is -0.428. The Morgan fingerprint density at radius 3 is 2.78 bits per heavy atom.